The molecule has 0 heterocycles. The molecule has 0 radical (unpaired) electrons. The zero-order chi connectivity index (χ0) is 12.7. The fourth-order valence-corrected chi connectivity index (χ4v) is 1.53. The normalized spacial score (nSPS) is 16.5. The number of carboxylic acid groups (broad SMARTS) is 1. The van der Waals surface area contributed by atoms with Gasteiger partial charge in [-0.15, -0.1) is 0 Å². The summed E-state index contributed by atoms with van der Waals surface area (Å²) >= 11 is 0. The quantitative estimate of drug-likeness (QED) is 0.553. The van der Waals surface area contributed by atoms with E-state index in [4.69, 9.17) is 5.11 Å². The first-order valence-electron chi connectivity index (χ1n) is 6.27. The summed E-state index contributed by atoms with van der Waals surface area (Å²) in [4.78, 5) is 21.8. The van der Waals surface area contributed by atoms with Gasteiger partial charge in [0.05, 0.1) is 6.54 Å². The van der Waals surface area contributed by atoms with Crippen LogP contribution in [0.25, 0.3) is 0 Å². The highest BCUT2D eigenvalue weighted by molar-refractivity contribution is 5.77. The minimum absolute atomic E-state index is 0.00664. The van der Waals surface area contributed by atoms with Crippen molar-refractivity contribution in [1.29, 1.82) is 0 Å². The number of hydrogen-bond acceptors (Lipinski definition) is 3. The molecule has 0 aromatic carbocycles. The Hall–Kier alpha value is -1.10. The molecule has 1 aliphatic rings. The van der Waals surface area contributed by atoms with E-state index in [1.165, 1.54) is 12.8 Å². The number of hydrogen-bond donors (Lipinski definition) is 3. The van der Waals surface area contributed by atoms with Gasteiger partial charge in [-0.05, 0) is 37.6 Å². The molecule has 0 aromatic heterocycles. The number of aliphatic carboxylic acids is 1. The van der Waals surface area contributed by atoms with Crippen molar-refractivity contribution in [3.63, 3.8) is 0 Å². The second-order valence-electron chi connectivity index (χ2n) is 4.92. The molecule has 98 valence electrons. The lowest BCUT2D eigenvalue weighted by Gasteiger charge is -2.11. The predicted molar refractivity (Wildman–Crippen MR) is 64.6 cm³/mol. The van der Waals surface area contributed by atoms with Crippen LogP contribution in [0.3, 0.4) is 0 Å². The van der Waals surface area contributed by atoms with Crippen LogP contribution in [0.1, 0.15) is 32.6 Å². The topological polar surface area (TPSA) is 78.4 Å². The van der Waals surface area contributed by atoms with Gasteiger partial charge in [0.15, 0.2) is 0 Å². The lowest BCUT2D eigenvalue weighted by Crippen LogP contribution is -2.36. The number of amides is 1. The van der Waals surface area contributed by atoms with Gasteiger partial charge in [0.1, 0.15) is 0 Å². The van der Waals surface area contributed by atoms with E-state index in [1.807, 2.05) is 6.92 Å². The van der Waals surface area contributed by atoms with Crippen molar-refractivity contribution in [1.82, 2.24) is 10.6 Å². The summed E-state index contributed by atoms with van der Waals surface area (Å²) in [6.07, 6.45) is 3.32. The second-order valence-corrected chi connectivity index (χ2v) is 4.92. The molecule has 5 heteroatoms. The molecule has 1 unspecified atom stereocenters. The first-order chi connectivity index (χ1) is 8.08. The number of carbonyl (C=O) groups excluding carboxylic acids is 1. The minimum Gasteiger partial charge on any atom is -0.481 e. The number of rotatable bonds is 9. The molecule has 5 nitrogen and oxygen atoms in total. The first-order valence-corrected chi connectivity index (χ1v) is 6.27. The monoisotopic (exact) mass is 242 g/mol. The molecule has 0 aromatic rings. The summed E-state index contributed by atoms with van der Waals surface area (Å²) in [6, 6.07) is 0. The number of carboxylic acids is 1. The molecule has 0 saturated heterocycles. The molecule has 3 N–H and O–H groups in total. The molecular formula is C12H22N2O3. The highest BCUT2D eigenvalue weighted by Gasteiger charge is 2.20. The molecule has 1 rings (SSSR count). The minimum atomic E-state index is -0.783. The van der Waals surface area contributed by atoms with Gasteiger partial charge in [-0.1, -0.05) is 6.92 Å². The highest BCUT2D eigenvalue weighted by Crippen LogP contribution is 2.27. The maximum Gasteiger partial charge on any atom is 0.303 e. The summed E-state index contributed by atoms with van der Waals surface area (Å²) < 4.78 is 0. The van der Waals surface area contributed by atoms with Crippen LogP contribution in [-0.2, 0) is 9.59 Å². The maximum atomic E-state index is 11.4. The fourth-order valence-electron chi connectivity index (χ4n) is 1.53. The van der Waals surface area contributed by atoms with Crippen LogP contribution in [0.4, 0.5) is 0 Å². The molecule has 0 spiro atoms. The molecule has 1 saturated carbocycles. The van der Waals surface area contributed by atoms with Crippen molar-refractivity contribution >= 4 is 11.9 Å². The van der Waals surface area contributed by atoms with Crippen LogP contribution in [-0.4, -0.2) is 36.6 Å². The Balaban J connectivity index is 1.95. The molecule has 0 aliphatic heterocycles. The Morgan fingerprint density at radius 3 is 2.71 bits per heavy atom. The summed E-state index contributed by atoms with van der Waals surface area (Å²) in [6.45, 7) is 3.79. The van der Waals surface area contributed by atoms with Gasteiger partial charge in [-0.2, -0.15) is 0 Å². The number of carbonyl (C=O) groups is 2. The zero-order valence-corrected chi connectivity index (χ0v) is 10.4. The van der Waals surface area contributed by atoms with Crippen molar-refractivity contribution in [3.8, 4) is 0 Å². The largest absolute Gasteiger partial charge is 0.481 e. The van der Waals surface area contributed by atoms with E-state index >= 15 is 0 Å². The molecular weight excluding hydrogens is 220 g/mol. The third-order valence-corrected chi connectivity index (χ3v) is 2.91. The molecule has 1 fully saturated rings. The molecule has 17 heavy (non-hydrogen) atoms. The van der Waals surface area contributed by atoms with Crippen molar-refractivity contribution in [2.75, 3.05) is 19.6 Å². The van der Waals surface area contributed by atoms with Crippen molar-refractivity contribution in [3.05, 3.63) is 0 Å². The molecule has 1 amide bonds. The van der Waals surface area contributed by atoms with Crippen molar-refractivity contribution in [2.24, 2.45) is 11.8 Å². The van der Waals surface area contributed by atoms with E-state index in [0.29, 0.717) is 19.5 Å². The molecule has 0 bridgehead atoms. The van der Waals surface area contributed by atoms with Crippen LogP contribution in [0.15, 0.2) is 0 Å². The summed E-state index contributed by atoms with van der Waals surface area (Å²) in [5.41, 5.74) is 0. The predicted octanol–water partition coefficient (Wildman–Crippen LogP) is 0.603. The van der Waals surface area contributed by atoms with Gasteiger partial charge < -0.3 is 15.7 Å². The Morgan fingerprint density at radius 2 is 2.12 bits per heavy atom. The van der Waals surface area contributed by atoms with E-state index in [2.05, 4.69) is 10.6 Å². The van der Waals surface area contributed by atoms with E-state index in [9.17, 15) is 9.59 Å². The summed E-state index contributed by atoms with van der Waals surface area (Å²) in [5.74, 6) is 0.192. The SMILES string of the molecule is CC(CCC(=O)O)CNC(=O)CNCC1CC1. The van der Waals surface area contributed by atoms with E-state index < -0.39 is 5.97 Å². The smallest absolute Gasteiger partial charge is 0.303 e. The van der Waals surface area contributed by atoms with Gasteiger partial charge in [-0.25, -0.2) is 0 Å². The number of nitrogens with one attached hydrogen (secondary N) is 2. The Bertz CT molecular complexity index is 264. The highest BCUT2D eigenvalue weighted by atomic mass is 16.4. The van der Waals surface area contributed by atoms with Crippen LogP contribution in [0.5, 0.6) is 0 Å². The fraction of sp³-hybridized carbons (Fsp3) is 0.833. The third kappa shape index (κ3) is 7.74. The van der Waals surface area contributed by atoms with E-state index in [-0.39, 0.29) is 18.2 Å². The van der Waals surface area contributed by atoms with Crippen LogP contribution < -0.4 is 10.6 Å². The van der Waals surface area contributed by atoms with Crippen molar-refractivity contribution in [2.45, 2.75) is 32.6 Å². The van der Waals surface area contributed by atoms with Crippen LogP contribution in [0, 0.1) is 11.8 Å². The lowest BCUT2D eigenvalue weighted by atomic mass is 10.1. The summed E-state index contributed by atoms with van der Waals surface area (Å²) in [5, 5.41) is 14.4. The van der Waals surface area contributed by atoms with Crippen molar-refractivity contribution < 1.29 is 14.7 Å². The maximum absolute atomic E-state index is 11.4. The molecule has 1 atom stereocenters. The van der Waals surface area contributed by atoms with Gasteiger partial charge in [0, 0.05) is 13.0 Å². The van der Waals surface area contributed by atoms with Crippen LogP contribution >= 0.6 is 0 Å². The lowest BCUT2D eigenvalue weighted by molar-refractivity contribution is -0.137. The average Bonchev–Trinajstić information content (AvgIpc) is 3.07. The Morgan fingerprint density at radius 1 is 1.41 bits per heavy atom. The van der Waals surface area contributed by atoms with Gasteiger partial charge >= 0.3 is 5.97 Å². The first kappa shape index (κ1) is 14.0. The van der Waals surface area contributed by atoms with Gasteiger partial charge in [0.2, 0.25) is 5.91 Å². The Labute approximate surface area is 102 Å². The van der Waals surface area contributed by atoms with Crippen LogP contribution in [0.2, 0.25) is 0 Å². The van der Waals surface area contributed by atoms with E-state index in [0.717, 1.165) is 12.5 Å². The average molecular weight is 242 g/mol. The van der Waals surface area contributed by atoms with E-state index in [1.54, 1.807) is 0 Å². The second kappa shape index (κ2) is 7.27. The Kier molecular flexibility index (Phi) is 5.97. The van der Waals surface area contributed by atoms with Gasteiger partial charge in [-0.3, -0.25) is 9.59 Å². The van der Waals surface area contributed by atoms with Gasteiger partial charge in [0.25, 0.3) is 0 Å². The zero-order valence-electron chi connectivity index (χ0n) is 10.4. The summed E-state index contributed by atoms with van der Waals surface area (Å²) in [7, 11) is 0. The standard InChI is InChI=1S/C12H22N2O3/c1-9(2-5-12(16)17)6-14-11(15)8-13-7-10-3-4-10/h9-10,13H,2-8H2,1H3,(H,14,15)(H,16,17). The third-order valence-electron chi connectivity index (χ3n) is 2.91. The molecule has 1 aliphatic carbocycles.